The van der Waals surface area contributed by atoms with E-state index < -0.39 is 31.1 Å². The summed E-state index contributed by atoms with van der Waals surface area (Å²) < 4.78 is 27.3. The molecule has 0 saturated carbocycles. The summed E-state index contributed by atoms with van der Waals surface area (Å²) >= 11 is 0. The van der Waals surface area contributed by atoms with Gasteiger partial charge in [-0.3, -0.25) is 0 Å². The molecule has 0 aliphatic carbocycles. The fraction of sp³-hybridized carbons (Fsp3) is 0.923. The van der Waals surface area contributed by atoms with Crippen LogP contribution in [-0.4, -0.2) is 55.5 Å². The van der Waals surface area contributed by atoms with Gasteiger partial charge in [0.1, 0.15) is 24.4 Å². The molecule has 5 atom stereocenters. The van der Waals surface area contributed by atoms with E-state index in [4.69, 9.17) is 24.4 Å². The molecule has 0 amide bonds. The van der Waals surface area contributed by atoms with Crippen LogP contribution in [0.25, 0.3) is 0 Å². The predicted molar refractivity (Wildman–Crippen MR) is 149 cm³/mol. The molecule has 0 spiro atoms. The second-order valence-electron chi connectivity index (χ2n) is 14.5. The maximum atomic E-state index is 7.05. The van der Waals surface area contributed by atoms with Crippen LogP contribution in [0.5, 0.6) is 0 Å². The molecule has 1 heterocycles. The topological polar surface area (TPSA) is 36.9 Å². The third-order valence-electron chi connectivity index (χ3n) is 8.64. The van der Waals surface area contributed by atoms with E-state index in [-0.39, 0.29) is 39.5 Å². The van der Waals surface area contributed by atoms with E-state index in [9.17, 15) is 0 Å². The van der Waals surface area contributed by atoms with Crippen LogP contribution in [0, 0.1) is 12.3 Å². The van der Waals surface area contributed by atoms with E-state index in [2.05, 4.69) is 114 Å². The van der Waals surface area contributed by atoms with Crippen LogP contribution in [0.1, 0.15) is 69.2 Å². The van der Waals surface area contributed by atoms with Crippen molar-refractivity contribution in [1.82, 2.24) is 0 Å². The van der Waals surface area contributed by atoms with E-state index in [1.165, 1.54) is 0 Å². The second-order valence-corrected chi connectivity index (χ2v) is 28.7. The van der Waals surface area contributed by atoms with Crippen molar-refractivity contribution in [1.29, 1.82) is 0 Å². The highest BCUT2D eigenvalue weighted by Gasteiger charge is 2.55. The molecule has 0 radical (unpaired) electrons. The predicted octanol–water partition coefficient (Wildman–Crippen LogP) is 7.58. The number of rotatable bonds is 7. The Labute approximate surface area is 209 Å². The van der Waals surface area contributed by atoms with Gasteiger partial charge in [-0.2, -0.15) is 0 Å². The van der Waals surface area contributed by atoms with Gasteiger partial charge in [0.15, 0.2) is 25.0 Å². The molecule has 1 rings (SSSR count). The van der Waals surface area contributed by atoms with Crippen molar-refractivity contribution in [3.63, 3.8) is 0 Å². The molecule has 0 unspecified atom stereocenters. The van der Waals surface area contributed by atoms with Crippen LogP contribution in [0.2, 0.25) is 54.4 Å². The molecule has 0 aromatic carbocycles. The molecule has 7 heteroatoms. The van der Waals surface area contributed by atoms with Gasteiger partial charge in [-0.25, -0.2) is 0 Å². The quantitative estimate of drug-likeness (QED) is 0.259. The summed E-state index contributed by atoms with van der Waals surface area (Å²) in [6, 6.07) is 0. The molecule has 33 heavy (non-hydrogen) atoms. The molecule has 0 bridgehead atoms. The van der Waals surface area contributed by atoms with E-state index in [0.717, 1.165) is 0 Å². The Morgan fingerprint density at radius 1 is 0.697 bits per heavy atom. The lowest BCUT2D eigenvalue weighted by Crippen LogP contribution is -2.56. The van der Waals surface area contributed by atoms with Gasteiger partial charge in [0.2, 0.25) is 0 Å². The summed E-state index contributed by atoms with van der Waals surface area (Å²) in [7, 11) is -6.22. The Bertz CT molecular complexity index is 705. The molecule has 1 saturated heterocycles. The molecule has 4 nitrogen and oxygen atoms in total. The van der Waals surface area contributed by atoms with Gasteiger partial charge in [0, 0.05) is 0 Å². The maximum absolute atomic E-state index is 7.05. The van der Waals surface area contributed by atoms with Crippen molar-refractivity contribution in [2.45, 2.75) is 154 Å². The van der Waals surface area contributed by atoms with E-state index in [1.54, 1.807) is 0 Å². The Balaban J connectivity index is 3.44. The minimum atomic E-state index is -2.12. The molecule has 0 aromatic rings. The largest absolute Gasteiger partial charge is 0.411 e. The van der Waals surface area contributed by atoms with Gasteiger partial charge < -0.3 is 18.0 Å². The van der Waals surface area contributed by atoms with E-state index in [1.807, 2.05) is 0 Å². The SMILES string of the molecule is C#C[C@H]1O[C@@H]([C@@H](C)O[Si](C)(C)C(C)(C)C)[C@H](O[Si](C)(C)C(C)(C)C)[C@H]1O[Si](C)(C)C(C)(C)C. The maximum Gasteiger partial charge on any atom is 0.192 e. The summed E-state index contributed by atoms with van der Waals surface area (Å²) in [5, 5.41) is 0.240. The second kappa shape index (κ2) is 9.84. The summed E-state index contributed by atoms with van der Waals surface area (Å²) in [6.07, 6.45) is 4.63. The summed E-state index contributed by atoms with van der Waals surface area (Å²) in [6.45, 7) is 36.1. The van der Waals surface area contributed by atoms with Crippen molar-refractivity contribution < 1.29 is 18.0 Å². The van der Waals surface area contributed by atoms with E-state index in [0.29, 0.717) is 0 Å². The van der Waals surface area contributed by atoms with Crippen LogP contribution in [-0.2, 0) is 18.0 Å². The first-order chi connectivity index (χ1) is 14.4. The Morgan fingerprint density at radius 3 is 1.39 bits per heavy atom. The molecular weight excluding hydrogens is 461 g/mol. The molecular formula is C26H54O4Si3. The van der Waals surface area contributed by atoms with Gasteiger partial charge >= 0.3 is 0 Å². The van der Waals surface area contributed by atoms with Gasteiger partial charge in [0.05, 0.1) is 6.10 Å². The van der Waals surface area contributed by atoms with Crippen LogP contribution in [0.15, 0.2) is 0 Å². The first-order valence-electron chi connectivity index (χ1n) is 12.5. The van der Waals surface area contributed by atoms with Crippen LogP contribution in [0.3, 0.4) is 0 Å². The first kappa shape index (κ1) is 31.1. The van der Waals surface area contributed by atoms with Gasteiger partial charge in [-0.15, -0.1) is 6.42 Å². The summed E-state index contributed by atoms with van der Waals surface area (Å²) in [5.41, 5.74) is 0. The average molecular weight is 515 g/mol. The summed E-state index contributed by atoms with van der Waals surface area (Å²) in [4.78, 5) is 0. The zero-order valence-corrected chi connectivity index (χ0v) is 27.6. The van der Waals surface area contributed by atoms with Crippen LogP contribution < -0.4 is 0 Å². The van der Waals surface area contributed by atoms with Gasteiger partial charge in [-0.05, 0) is 61.3 Å². The van der Waals surface area contributed by atoms with Crippen molar-refractivity contribution >= 4 is 25.0 Å². The zero-order valence-electron chi connectivity index (χ0n) is 24.6. The molecule has 0 N–H and O–H groups in total. The van der Waals surface area contributed by atoms with Crippen LogP contribution >= 0.6 is 0 Å². The van der Waals surface area contributed by atoms with Crippen LogP contribution in [0.4, 0.5) is 0 Å². The minimum absolute atomic E-state index is 0.0645. The number of ether oxygens (including phenoxy) is 1. The standard InChI is InChI=1S/C26H54O4Si3/c1-18-20-22(29-32(14,15)25(6,7)8)23(30-33(16,17)26(9,10)11)21(27-20)19(2)28-31(12,13)24(3,4)5/h1,19-23H,2-17H3/t19-,20-,21+,22+,23+/m1/s1. The Hall–Kier alpha value is 0.0506. The minimum Gasteiger partial charge on any atom is -0.411 e. The fourth-order valence-corrected chi connectivity index (χ4v) is 7.21. The van der Waals surface area contributed by atoms with E-state index >= 15 is 0 Å². The third-order valence-corrected chi connectivity index (χ3v) is 22.2. The van der Waals surface area contributed by atoms with Gasteiger partial charge in [-0.1, -0.05) is 68.2 Å². The highest BCUT2D eigenvalue weighted by molar-refractivity contribution is 6.75. The molecule has 1 fully saturated rings. The highest BCUT2D eigenvalue weighted by Crippen LogP contribution is 2.45. The number of hydrogen-bond donors (Lipinski definition) is 0. The molecule has 194 valence electrons. The number of terminal acetylenes is 1. The summed E-state index contributed by atoms with van der Waals surface area (Å²) in [5.74, 6) is 2.89. The lowest BCUT2D eigenvalue weighted by Gasteiger charge is -2.45. The first-order valence-corrected chi connectivity index (χ1v) is 21.3. The number of hydrogen-bond acceptors (Lipinski definition) is 4. The van der Waals surface area contributed by atoms with Crippen molar-refractivity contribution in [3.05, 3.63) is 0 Å². The Kier molecular flexibility index (Phi) is 9.26. The molecule has 1 aliphatic rings. The lowest BCUT2D eigenvalue weighted by atomic mass is 10.1. The third kappa shape index (κ3) is 7.06. The average Bonchev–Trinajstić information content (AvgIpc) is 2.88. The van der Waals surface area contributed by atoms with Gasteiger partial charge in [0.25, 0.3) is 0 Å². The fourth-order valence-electron chi connectivity index (χ4n) is 3.20. The highest BCUT2D eigenvalue weighted by atomic mass is 28.4. The van der Waals surface area contributed by atoms with Crippen molar-refractivity contribution in [2.24, 2.45) is 0 Å². The monoisotopic (exact) mass is 514 g/mol. The zero-order chi connectivity index (χ0) is 26.4. The molecule has 1 aliphatic heterocycles. The lowest BCUT2D eigenvalue weighted by molar-refractivity contribution is -0.0400. The smallest absolute Gasteiger partial charge is 0.192 e. The van der Waals surface area contributed by atoms with Crippen molar-refractivity contribution in [2.75, 3.05) is 0 Å². The van der Waals surface area contributed by atoms with Crippen molar-refractivity contribution in [3.8, 4) is 12.3 Å². The Morgan fingerprint density at radius 2 is 1.06 bits per heavy atom. The normalized spacial score (nSPS) is 26.9. The molecule has 0 aromatic heterocycles.